The van der Waals surface area contributed by atoms with Gasteiger partial charge in [0.05, 0.1) is 17.4 Å². The van der Waals surface area contributed by atoms with Gasteiger partial charge < -0.3 is 10.2 Å². The van der Waals surface area contributed by atoms with E-state index in [0.717, 1.165) is 11.8 Å². The minimum absolute atomic E-state index is 0.0240. The molecule has 0 fully saturated rings. The van der Waals surface area contributed by atoms with E-state index in [4.69, 9.17) is 5.26 Å². The molecule has 0 radical (unpaired) electrons. The van der Waals surface area contributed by atoms with Crippen molar-refractivity contribution in [3.63, 3.8) is 0 Å². The number of hydrogen-bond donors (Lipinski definition) is 1. The van der Waals surface area contributed by atoms with Crippen LogP contribution in [0.3, 0.4) is 0 Å². The highest BCUT2D eigenvalue weighted by Gasteiger charge is 2.16. The molecule has 8 heteroatoms. The van der Waals surface area contributed by atoms with E-state index in [9.17, 15) is 18.0 Å². The number of nitrogens with zero attached hydrogens (tertiary/aromatic N) is 2. The number of sulfone groups is 1. The van der Waals surface area contributed by atoms with E-state index in [-0.39, 0.29) is 49.1 Å². The summed E-state index contributed by atoms with van der Waals surface area (Å²) < 4.78 is 22.9. The molecule has 0 unspecified atom stereocenters. The van der Waals surface area contributed by atoms with Gasteiger partial charge in [-0.1, -0.05) is 30.3 Å². The lowest BCUT2D eigenvalue weighted by Crippen LogP contribution is -2.33. The number of hydrogen-bond acceptors (Lipinski definition) is 5. The maximum absolute atomic E-state index is 12.5. The zero-order chi connectivity index (χ0) is 21.3. The van der Waals surface area contributed by atoms with Crippen molar-refractivity contribution in [2.45, 2.75) is 30.7 Å². The third-order valence-electron chi connectivity index (χ3n) is 4.22. The Morgan fingerprint density at radius 1 is 1.03 bits per heavy atom. The van der Waals surface area contributed by atoms with Gasteiger partial charge in [-0.15, -0.1) is 0 Å². The highest BCUT2D eigenvalue weighted by atomic mass is 32.2. The predicted molar refractivity (Wildman–Crippen MR) is 110 cm³/mol. The minimum Gasteiger partial charge on any atom is -0.352 e. The second kappa shape index (κ2) is 10.4. The molecule has 0 bridgehead atoms. The first kappa shape index (κ1) is 22.1. The molecule has 2 rings (SSSR count). The molecular formula is C21H23N3O4S. The van der Waals surface area contributed by atoms with Crippen LogP contribution < -0.4 is 10.2 Å². The fourth-order valence-corrected chi connectivity index (χ4v) is 3.30. The normalized spacial score (nSPS) is 10.8. The molecule has 7 nitrogen and oxygen atoms in total. The second-order valence-corrected chi connectivity index (χ2v) is 8.50. The first-order valence-corrected chi connectivity index (χ1v) is 11.0. The van der Waals surface area contributed by atoms with Crippen LogP contribution in [0, 0.1) is 11.3 Å². The van der Waals surface area contributed by atoms with Gasteiger partial charge in [-0.05, 0) is 29.8 Å². The molecule has 0 saturated heterocycles. The van der Waals surface area contributed by atoms with Gasteiger partial charge in [0.2, 0.25) is 11.8 Å². The fraction of sp³-hybridized carbons (Fsp3) is 0.286. The van der Waals surface area contributed by atoms with Crippen molar-refractivity contribution in [1.29, 1.82) is 5.26 Å². The Bertz CT molecular complexity index is 981. The smallest absolute Gasteiger partial charge is 0.227 e. The Morgan fingerprint density at radius 2 is 1.69 bits per heavy atom. The van der Waals surface area contributed by atoms with Gasteiger partial charge in [0.25, 0.3) is 0 Å². The minimum atomic E-state index is -3.26. The first-order chi connectivity index (χ1) is 13.8. The van der Waals surface area contributed by atoms with E-state index in [1.54, 1.807) is 24.3 Å². The maximum atomic E-state index is 12.5. The summed E-state index contributed by atoms with van der Waals surface area (Å²) in [6.07, 6.45) is 1.39. The monoisotopic (exact) mass is 413 g/mol. The number of carbonyl (C=O) groups excluding carboxylic acids is 2. The lowest BCUT2D eigenvalue weighted by molar-refractivity contribution is -0.125. The molecule has 2 aromatic rings. The van der Waals surface area contributed by atoms with Gasteiger partial charge in [-0.2, -0.15) is 5.26 Å². The van der Waals surface area contributed by atoms with Crippen LogP contribution in [-0.2, 0) is 26.0 Å². The molecule has 0 spiro atoms. The summed E-state index contributed by atoms with van der Waals surface area (Å²) in [5.41, 5.74) is 1.45. The molecule has 0 saturated carbocycles. The Hall–Kier alpha value is -3.18. The summed E-state index contributed by atoms with van der Waals surface area (Å²) in [6.45, 7) is 0.515. The van der Waals surface area contributed by atoms with Crippen molar-refractivity contribution < 1.29 is 18.0 Å². The quantitative estimate of drug-likeness (QED) is 0.679. The number of amides is 2. The summed E-state index contributed by atoms with van der Waals surface area (Å²) in [5, 5.41) is 11.5. The van der Waals surface area contributed by atoms with E-state index < -0.39 is 9.84 Å². The first-order valence-electron chi connectivity index (χ1n) is 9.09. The highest BCUT2D eigenvalue weighted by molar-refractivity contribution is 7.90. The number of benzene rings is 2. The zero-order valence-corrected chi connectivity index (χ0v) is 17.0. The summed E-state index contributed by atoms with van der Waals surface area (Å²) in [7, 11) is -3.26. The largest absolute Gasteiger partial charge is 0.352 e. The number of nitrogens with one attached hydrogen (secondary N) is 1. The molecule has 152 valence electrons. The van der Waals surface area contributed by atoms with Crippen molar-refractivity contribution in [1.82, 2.24) is 5.32 Å². The molecule has 0 aliphatic heterocycles. The molecule has 1 N–H and O–H groups in total. The zero-order valence-electron chi connectivity index (χ0n) is 16.2. The summed E-state index contributed by atoms with van der Waals surface area (Å²) in [4.78, 5) is 26.4. The molecular weight excluding hydrogens is 390 g/mol. The van der Waals surface area contributed by atoms with Crippen LogP contribution in [0.5, 0.6) is 0 Å². The third kappa shape index (κ3) is 7.05. The lowest BCUT2D eigenvalue weighted by Gasteiger charge is -2.21. The van der Waals surface area contributed by atoms with Gasteiger partial charge in [-0.3, -0.25) is 9.59 Å². The Labute approximate surface area is 170 Å². The van der Waals surface area contributed by atoms with E-state index >= 15 is 0 Å². The van der Waals surface area contributed by atoms with Crippen molar-refractivity contribution in [3.05, 3.63) is 60.2 Å². The van der Waals surface area contributed by atoms with Gasteiger partial charge in [0.15, 0.2) is 9.84 Å². The van der Waals surface area contributed by atoms with Gasteiger partial charge >= 0.3 is 0 Å². The van der Waals surface area contributed by atoms with Crippen molar-refractivity contribution in [2.24, 2.45) is 0 Å². The van der Waals surface area contributed by atoms with Crippen LogP contribution in [0.15, 0.2) is 59.5 Å². The van der Waals surface area contributed by atoms with E-state index in [1.165, 1.54) is 17.0 Å². The van der Waals surface area contributed by atoms with Gasteiger partial charge in [0, 0.05) is 37.9 Å². The number of rotatable bonds is 9. The fourth-order valence-electron chi connectivity index (χ4n) is 2.67. The predicted octanol–water partition coefficient (Wildman–Crippen LogP) is 2.43. The molecule has 0 aliphatic carbocycles. The summed E-state index contributed by atoms with van der Waals surface area (Å²) >= 11 is 0. The van der Waals surface area contributed by atoms with Crippen LogP contribution in [-0.4, -0.2) is 33.0 Å². The Balaban J connectivity index is 1.87. The average molecular weight is 413 g/mol. The van der Waals surface area contributed by atoms with E-state index in [2.05, 4.69) is 5.32 Å². The molecule has 2 aromatic carbocycles. The standard InChI is InChI=1S/C21H23N3O4S/c1-29(27,28)19-10-8-17(9-11-19)16-23-20(25)12-13-21(26)24(15-5-14-22)18-6-3-2-4-7-18/h2-4,6-11H,5,12-13,15-16H2,1H3,(H,23,25). The molecule has 0 atom stereocenters. The molecule has 2 amide bonds. The van der Waals surface area contributed by atoms with Crippen LogP contribution >= 0.6 is 0 Å². The van der Waals surface area contributed by atoms with E-state index in [0.29, 0.717) is 5.69 Å². The second-order valence-electron chi connectivity index (χ2n) is 6.48. The van der Waals surface area contributed by atoms with Crippen LogP contribution in [0.25, 0.3) is 0 Å². The highest BCUT2D eigenvalue weighted by Crippen LogP contribution is 2.16. The molecule has 0 aliphatic rings. The molecule has 0 aromatic heterocycles. The number of para-hydroxylation sites is 1. The molecule has 29 heavy (non-hydrogen) atoms. The number of carbonyl (C=O) groups is 2. The summed E-state index contributed by atoms with van der Waals surface area (Å²) in [5.74, 6) is -0.502. The SMILES string of the molecule is CS(=O)(=O)c1ccc(CNC(=O)CCC(=O)N(CCC#N)c2ccccc2)cc1. The van der Waals surface area contributed by atoms with Crippen LogP contribution in [0.2, 0.25) is 0 Å². The summed E-state index contributed by atoms with van der Waals surface area (Å²) in [6, 6.07) is 17.3. The topological polar surface area (TPSA) is 107 Å². The Kier molecular flexibility index (Phi) is 7.92. The van der Waals surface area contributed by atoms with Gasteiger partial charge in [-0.25, -0.2) is 8.42 Å². The van der Waals surface area contributed by atoms with E-state index in [1.807, 2.05) is 24.3 Å². The van der Waals surface area contributed by atoms with Crippen LogP contribution in [0.1, 0.15) is 24.8 Å². The number of anilines is 1. The molecule has 0 heterocycles. The van der Waals surface area contributed by atoms with Gasteiger partial charge in [0.1, 0.15) is 0 Å². The Morgan fingerprint density at radius 3 is 2.28 bits per heavy atom. The van der Waals surface area contributed by atoms with Crippen molar-refractivity contribution >= 4 is 27.3 Å². The maximum Gasteiger partial charge on any atom is 0.227 e. The van der Waals surface area contributed by atoms with Crippen molar-refractivity contribution in [2.75, 3.05) is 17.7 Å². The van der Waals surface area contributed by atoms with Crippen LogP contribution in [0.4, 0.5) is 5.69 Å². The lowest BCUT2D eigenvalue weighted by atomic mass is 10.2. The number of nitriles is 1. The average Bonchev–Trinajstić information content (AvgIpc) is 2.71. The third-order valence-corrected chi connectivity index (χ3v) is 5.35. The van der Waals surface area contributed by atoms with Crippen molar-refractivity contribution in [3.8, 4) is 6.07 Å².